The van der Waals surface area contributed by atoms with Crippen molar-refractivity contribution in [3.63, 3.8) is 0 Å². The zero-order chi connectivity index (χ0) is 21.0. The molecule has 0 bridgehead atoms. The molecule has 3 aromatic rings. The fourth-order valence-corrected chi connectivity index (χ4v) is 5.70. The molecule has 6 nitrogen and oxygen atoms in total. The molecule has 7 heteroatoms. The van der Waals surface area contributed by atoms with E-state index in [9.17, 15) is 4.79 Å². The Hall–Kier alpha value is -2.54. The quantitative estimate of drug-likeness (QED) is 0.529. The number of aromatic nitrogens is 3. The molecular weight excluding hydrogens is 408 g/mol. The Balaban J connectivity index is 1.30. The van der Waals surface area contributed by atoms with Crippen LogP contribution in [0.4, 0.5) is 0 Å². The van der Waals surface area contributed by atoms with Crippen LogP contribution in [0.15, 0.2) is 52.2 Å². The smallest absolute Gasteiger partial charge is 0.230 e. The number of amides is 1. The van der Waals surface area contributed by atoms with Gasteiger partial charge in [0.1, 0.15) is 0 Å². The predicted molar refractivity (Wildman–Crippen MR) is 121 cm³/mol. The van der Waals surface area contributed by atoms with Gasteiger partial charge in [-0.1, -0.05) is 55.3 Å². The zero-order valence-electron chi connectivity index (χ0n) is 17.6. The number of fused-ring (bicyclic) bond motifs is 1. The van der Waals surface area contributed by atoms with E-state index in [-0.39, 0.29) is 11.9 Å². The fourth-order valence-electron chi connectivity index (χ4n) is 4.89. The van der Waals surface area contributed by atoms with E-state index in [1.807, 2.05) is 12.1 Å². The molecule has 0 spiro atoms. The Bertz CT molecular complexity index is 1020. The summed E-state index contributed by atoms with van der Waals surface area (Å²) in [6, 6.07) is 12.7. The molecule has 31 heavy (non-hydrogen) atoms. The minimum Gasteiger partial charge on any atom is -0.461 e. The average molecular weight is 437 g/mol. The van der Waals surface area contributed by atoms with Gasteiger partial charge in [0.05, 0.1) is 18.1 Å². The first kappa shape index (κ1) is 20.4. The van der Waals surface area contributed by atoms with Crippen LogP contribution in [0.25, 0.3) is 11.6 Å². The van der Waals surface area contributed by atoms with Gasteiger partial charge in [-0.15, -0.1) is 10.2 Å². The van der Waals surface area contributed by atoms with Crippen LogP contribution in [0, 0.1) is 0 Å². The van der Waals surface area contributed by atoms with Gasteiger partial charge in [-0.25, -0.2) is 0 Å². The lowest BCUT2D eigenvalue weighted by atomic mass is 9.88. The Labute approximate surface area is 186 Å². The molecular formula is C24H28N4O2S. The lowest BCUT2D eigenvalue weighted by molar-refractivity contribution is -0.119. The van der Waals surface area contributed by atoms with E-state index in [0.717, 1.165) is 48.8 Å². The first-order valence-electron chi connectivity index (χ1n) is 11.3. The van der Waals surface area contributed by atoms with E-state index >= 15 is 0 Å². The zero-order valence-corrected chi connectivity index (χ0v) is 18.4. The number of carbonyl (C=O) groups excluding carboxylic acids is 1. The molecule has 1 atom stereocenters. The van der Waals surface area contributed by atoms with Gasteiger partial charge in [0.15, 0.2) is 10.9 Å². The second kappa shape index (κ2) is 9.30. The predicted octanol–water partition coefficient (Wildman–Crippen LogP) is 5.33. The molecule has 1 fully saturated rings. The molecule has 2 aliphatic carbocycles. The molecule has 0 unspecified atom stereocenters. The Morgan fingerprint density at radius 2 is 1.94 bits per heavy atom. The Morgan fingerprint density at radius 1 is 1.06 bits per heavy atom. The molecule has 2 heterocycles. The summed E-state index contributed by atoms with van der Waals surface area (Å²) in [4.78, 5) is 12.8. The molecule has 1 N–H and O–H groups in total. The number of furan rings is 1. The van der Waals surface area contributed by atoms with Gasteiger partial charge in [-0.2, -0.15) is 0 Å². The van der Waals surface area contributed by atoms with Crippen molar-refractivity contribution in [3.8, 4) is 11.6 Å². The first-order valence-corrected chi connectivity index (χ1v) is 12.3. The number of rotatable bonds is 6. The highest BCUT2D eigenvalue weighted by molar-refractivity contribution is 7.99. The highest BCUT2D eigenvalue weighted by Crippen LogP contribution is 2.36. The van der Waals surface area contributed by atoms with Crippen molar-refractivity contribution in [2.75, 3.05) is 5.75 Å². The van der Waals surface area contributed by atoms with Crippen LogP contribution in [-0.4, -0.2) is 26.4 Å². The second-order valence-corrected chi connectivity index (χ2v) is 9.39. The first-order chi connectivity index (χ1) is 15.3. The number of nitrogens with one attached hydrogen (secondary N) is 1. The van der Waals surface area contributed by atoms with E-state index in [4.69, 9.17) is 4.42 Å². The monoisotopic (exact) mass is 436 g/mol. The van der Waals surface area contributed by atoms with Gasteiger partial charge in [0.2, 0.25) is 11.7 Å². The van der Waals surface area contributed by atoms with Crippen LogP contribution in [0.5, 0.6) is 0 Å². The summed E-state index contributed by atoms with van der Waals surface area (Å²) in [6.45, 7) is 0. The third-order valence-corrected chi connectivity index (χ3v) is 7.33. The minimum atomic E-state index is 0.0458. The summed E-state index contributed by atoms with van der Waals surface area (Å²) in [5, 5.41) is 12.9. The highest BCUT2D eigenvalue weighted by atomic mass is 32.2. The van der Waals surface area contributed by atoms with Crippen molar-refractivity contribution in [3.05, 3.63) is 53.8 Å². The molecule has 162 valence electrons. The molecule has 0 saturated heterocycles. The summed E-state index contributed by atoms with van der Waals surface area (Å²) in [5.74, 6) is 1.88. The van der Waals surface area contributed by atoms with Gasteiger partial charge >= 0.3 is 0 Å². The molecule has 1 amide bonds. The average Bonchev–Trinajstić information content (AvgIpc) is 3.48. The third-order valence-electron chi connectivity index (χ3n) is 6.38. The van der Waals surface area contributed by atoms with Gasteiger partial charge in [0.25, 0.3) is 0 Å². The maximum absolute atomic E-state index is 12.8. The van der Waals surface area contributed by atoms with Crippen LogP contribution < -0.4 is 5.32 Å². The van der Waals surface area contributed by atoms with E-state index < -0.39 is 0 Å². The molecule has 2 aromatic heterocycles. The third kappa shape index (κ3) is 4.42. The van der Waals surface area contributed by atoms with Crippen LogP contribution in [-0.2, 0) is 11.2 Å². The normalized spacial score (nSPS) is 19.2. The number of carbonyl (C=O) groups is 1. The molecule has 0 radical (unpaired) electrons. The second-order valence-electron chi connectivity index (χ2n) is 8.45. The van der Waals surface area contributed by atoms with E-state index in [1.165, 1.54) is 42.2 Å². The summed E-state index contributed by atoms with van der Waals surface area (Å²) >= 11 is 1.47. The minimum absolute atomic E-state index is 0.0458. The summed E-state index contributed by atoms with van der Waals surface area (Å²) < 4.78 is 7.81. The van der Waals surface area contributed by atoms with Crippen molar-refractivity contribution >= 4 is 17.7 Å². The molecule has 1 aromatic carbocycles. The fraction of sp³-hybridized carbons (Fsp3) is 0.458. The summed E-state index contributed by atoms with van der Waals surface area (Å²) in [6.07, 6.45) is 10.8. The van der Waals surface area contributed by atoms with Crippen molar-refractivity contribution in [1.29, 1.82) is 0 Å². The van der Waals surface area contributed by atoms with E-state index in [1.54, 1.807) is 6.26 Å². The van der Waals surface area contributed by atoms with Gasteiger partial charge in [-0.05, 0) is 55.4 Å². The summed E-state index contributed by atoms with van der Waals surface area (Å²) in [5.41, 5.74) is 2.62. The maximum Gasteiger partial charge on any atom is 0.230 e. The Morgan fingerprint density at radius 3 is 2.77 bits per heavy atom. The number of benzene rings is 1. The maximum atomic E-state index is 12.8. The van der Waals surface area contributed by atoms with Crippen LogP contribution >= 0.6 is 11.8 Å². The van der Waals surface area contributed by atoms with Gasteiger partial charge in [-0.3, -0.25) is 9.36 Å². The molecule has 5 rings (SSSR count). The van der Waals surface area contributed by atoms with Crippen molar-refractivity contribution in [2.45, 2.75) is 68.6 Å². The van der Waals surface area contributed by atoms with Crippen molar-refractivity contribution in [2.24, 2.45) is 0 Å². The Kier molecular flexibility index (Phi) is 6.11. The van der Waals surface area contributed by atoms with Gasteiger partial charge in [0, 0.05) is 6.04 Å². The lowest BCUT2D eigenvalue weighted by Gasteiger charge is -2.26. The number of hydrogen-bond donors (Lipinski definition) is 1. The summed E-state index contributed by atoms with van der Waals surface area (Å²) in [7, 11) is 0. The van der Waals surface area contributed by atoms with Crippen molar-refractivity contribution in [1.82, 2.24) is 20.1 Å². The molecule has 0 aliphatic heterocycles. The number of thioether (sulfide) groups is 1. The van der Waals surface area contributed by atoms with Gasteiger partial charge < -0.3 is 9.73 Å². The number of nitrogens with zero attached hydrogens (tertiary/aromatic N) is 3. The number of aryl methyl sites for hydroxylation is 1. The standard InChI is InChI=1S/C24H28N4O2S/c29-22(25-20-13-6-9-17-8-4-5-12-19(17)20)16-31-24-27-26-23(21-14-7-15-30-21)28(24)18-10-2-1-3-11-18/h4-5,7-8,12,14-15,18,20H,1-3,6,9-11,13,16H2,(H,25,29)/t20-/m0/s1. The SMILES string of the molecule is O=C(CSc1nnc(-c2ccco2)n1C1CCCCC1)N[C@H]1CCCc2ccccc21. The van der Waals surface area contributed by atoms with Crippen LogP contribution in [0.3, 0.4) is 0 Å². The van der Waals surface area contributed by atoms with E-state index in [2.05, 4.69) is 44.3 Å². The number of hydrogen-bond acceptors (Lipinski definition) is 5. The van der Waals surface area contributed by atoms with Crippen LogP contribution in [0.2, 0.25) is 0 Å². The molecule has 2 aliphatic rings. The van der Waals surface area contributed by atoms with E-state index in [0.29, 0.717) is 11.8 Å². The topological polar surface area (TPSA) is 73.0 Å². The molecule has 1 saturated carbocycles. The van der Waals surface area contributed by atoms with Crippen LogP contribution in [0.1, 0.15) is 68.2 Å². The van der Waals surface area contributed by atoms with Crippen molar-refractivity contribution < 1.29 is 9.21 Å². The highest BCUT2D eigenvalue weighted by Gasteiger charge is 2.26. The lowest BCUT2D eigenvalue weighted by Crippen LogP contribution is -2.32. The largest absolute Gasteiger partial charge is 0.461 e.